The van der Waals surface area contributed by atoms with Crippen LogP contribution in [-0.4, -0.2) is 22.6 Å². The van der Waals surface area contributed by atoms with Gasteiger partial charge >= 0.3 is 5.97 Å². The molecule has 0 atom stereocenters. The summed E-state index contributed by atoms with van der Waals surface area (Å²) in [6.45, 7) is 1.64. The molecule has 5 heteroatoms. The molecule has 0 aliphatic carbocycles. The van der Waals surface area contributed by atoms with Crippen LogP contribution in [0.15, 0.2) is 41.0 Å². The van der Waals surface area contributed by atoms with Gasteiger partial charge in [0.25, 0.3) is 0 Å². The lowest BCUT2D eigenvalue weighted by atomic mass is 10.1. The highest BCUT2D eigenvalue weighted by Crippen LogP contribution is 2.30. The first-order valence-corrected chi connectivity index (χ1v) is 7.14. The summed E-state index contributed by atoms with van der Waals surface area (Å²) in [5.74, 6) is -0.874. The van der Waals surface area contributed by atoms with E-state index in [9.17, 15) is 4.79 Å². The Bertz CT molecular complexity index is 655. The van der Waals surface area contributed by atoms with Gasteiger partial charge in [0.05, 0.1) is 17.8 Å². The second kappa shape index (κ2) is 5.25. The third-order valence-corrected chi connectivity index (χ3v) is 3.93. The van der Waals surface area contributed by atoms with E-state index in [-0.39, 0.29) is 0 Å². The number of hydrogen-bond acceptors (Lipinski definition) is 3. The maximum Gasteiger partial charge on any atom is 0.335 e. The van der Waals surface area contributed by atoms with Gasteiger partial charge in [-0.1, -0.05) is 0 Å². The molecule has 0 saturated heterocycles. The number of nitrogens with zero attached hydrogens (tertiary/aromatic N) is 2. The Balaban J connectivity index is 1.82. The van der Waals surface area contributed by atoms with Gasteiger partial charge in [-0.25, -0.2) is 4.79 Å². The van der Waals surface area contributed by atoms with Crippen molar-refractivity contribution >= 4 is 27.6 Å². The molecule has 1 aromatic carbocycles. The Kier molecular flexibility index (Phi) is 3.44. The minimum Gasteiger partial charge on any atom is -0.478 e. The van der Waals surface area contributed by atoms with Gasteiger partial charge in [0.1, 0.15) is 0 Å². The molecule has 0 radical (unpaired) electrons. The number of fused-ring (bicyclic) bond motifs is 1. The maximum atomic E-state index is 11.0. The number of aromatic carboxylic acids is 1. The van der Waals surface area contributed by atoms with Crippen LogP contribution in [0.2, 0.25) is 0 Å². The topological polar surface area (TPSA) is 53.4 Å². The fraction of sp³-hybridized carbons (Fsp3) is 0.200. The lowest BCUT2D eigenvalue weighted by Crippen LogP contribution is -2.20. The molecule has 0 saturated carbocycles. The van der Waals surface area contributed by atoms with Crippen molar-refractivity contribution < 1.29 is 9.90 Å². The molecular formula is C15H13BrN2O2. The van der Waals surface area contributed by atoms with Gasteiger partial charge in [0, 0.05) is 22.9 Å². The first-order valence-electron chi connectivity index (χ1n) is 6.35. The van der Waals surface area contributed by atoms with Gasteiger partial charge in [0.2, 0.25) is 0 Å². The van der Waals surface area contributed by atoms with E-state index in [1.54, 1.807) is 18.3 Å². The average molecular weight is 333 g/mol. The Morgan fingerprint density at radius 3 is 2.90 bits per heavy atom. The third-order valence-electron chi connectivity index (χ3n) is 3.46. The zero-order valence-electron chi connectivity index (χ0n) is 10.7. The molecule has 0 fully saturated rings. The quantitative estimate of drug-likeness (QED) is 0.938. The molecule has 0 unspecified atom stereocenters. The summed E-state index contributed by atoms with van der Waals surface area (Å²) in [7, 11) is 0. The summed E-state index contributed by atoms with van der Waals surface area (Å²) >= 11 is 3.37. The van der Waals surface area contributed by atoms with Crippen LogP contribution < -0.4 is 4.90 Å². The van der Waals surface area contributed by atoms with E-state index >= 15 is 0 Å². The highest BCUT2D eigenvalue weighted by molar-refractivity contribution is 9.10. The van der Waals surface area contributed by atoms with Crippen molar-refractivity contribution in [3.8, 4) is 0 Å². The molecule has 1 N–H and O–H groups in total. The van der Waals surface area contributed by atoms with Crippen LogP contribution in [0.4, 0.5) is 5.69 Å². The van der Waals surface area contributed by atoms with Gasteiger partial charge in [-0.3, -0.25) is 4.98 Å². The molecular weight excluding hydrogens is 320 g/mol. The number of rotatable bonds is 3. The van der Waals surface area contributed by atoms with Gasteiger partial charge in [0.15, 0.2) is 0 Å². The first-order chi connectivity index (χ1) is 9.63. The molecule has 3 rings (SSSR count). The number of benzene rings is 1. The van der Waals surface area contributed by atoms with Crippen molar-refractivity contribution in [2.75, 3.05) is 11.4 Å². The summed E-state index contributed by atoms with van der Waals surface area (Å²) in [5.41, 5.74) is 3.57. The monoisotopic (exact) mass is 332 g/mol. The predicted octanol–water partition coefficient (Wildman–Crippen LogP) is 3.11. The molecule has 2 heterocycles. The molecule has 0 bridgehead atoms. The summed E-state index contributed by atoms with van der Waals surface area (Å²) in [6, 6.07) is 9.30. The Morgan fingerprint density at radius 2 is 2.20 bits per heavy atom. The molecule has 2 aromatic rings. The molecule has 0 amide bonds. The van der Waals surface area contributed by atoms with Crippen molar-refractivity contribution in [3.05, 3.63) is 57.8 Å². The van der Waals surface area contributed by atoms with E-state index in [1.807, 2.05) is 18.2 Å². The van der Waals surface area contributed by atoms with Crippen LogP contribution in [0.5, 0.6) is 0 Å². The molecule has 1 aliphatic rings. The molecule has 1 aliphatic heterocycles. The normalized spacial score (nSPS) is 13.3. The van der Waals surface area contributed by atoms with Gasteiger partial charge in [-0.15, -0.1) is 0 Å². The minimum absolute atomic E-state index is 0.354. The van der Waals surface area contributed by atoms with Gasteiger partial charge in [-0.2, -0.15) is 0 Å². The van der Waals surface area contributed by atoms with E-state index in [4.69, 9.17) is 5.11 Å². The van der Waals surface area contributed by atoms with E-state index in [2.05, 4.69) is 25.8 Å². The Morgan fingerprint density at radius 1 is 1.35 bits per heavy atom. The number of aromatic nitrogens is 1. The van der Waals surface area contributed by atoms with Crippen molar-refractivity contribution in [1.29, 1.82) is 0 Å². The number of hydrogen-bond donors (Lipinski definition) is 1. The first kappa shape index (κ1) is 13.1. The number of carboxylic acid groups (broad SMARTS) is 1. The third kappa shape index (κ3) is 2.54. The average Bonchev–Trinajstić information content (AvgIpc) is 2.84. The molecule has 0 spiro atoms. The minimum atomic E-state index is -0.874. The number of carboxylic acids is 1. The smallest absolute Gasteiger partial charge is 0.335 e. The lowest BCUT2D eigenvalue weighted by Gasteiger charge is -2.19. The zero-order chi connectivity index (χ0) is 14.1. The van der Waals surface area contributed by atoms with Crippen LogP contribution >= 0.6 is 15.9 Å². The molecule has 1 aromatic heterocycles. The zero-order valence-corrected chi connectivity index (χ0v) is 12.3. The van der Waals surface area contributed by atoms with Gasteiger partial charge < -0.3 is 10.0 Å². The predicted molar refractivity (Wildman–Crippen MR) is 80.1 cm³/mol. The van der Waals surface area contributed by atoms with Crippen molar-refractivity contribution in [1.82, 2.24) is 4.98 Å². The second-order valence-electron chi connectivity index (χ2n) is 4.79. The second-order valence-corrected chi connectivity index (χ2v) is 5.70. The van der Waals surface area contributed by atoms with Crippen molar-refractivity contribution in [2.24, 2.45) is 0 Å². The standard InChI is InChI=1S/C15H13BrN2O2/c16-12-2-3-13(17-8-12)9-18-6-5-10-7-11(15(19)20)1-4-14(10)18/h1-4,7-8H,5-6,9H2,(H,19,20). The largest absolute Gasteiger partial charge is 0.478 e. The SMILES string of the molecule is O=C(O)c1ccc2c(c1)CCN2Cc1ccc(Br)cn1. The van der Waals surface area contributed by atoms with Crippen LogP contribution in [0.3, 0.4) is 0 Å². The van der Waals surface area contributed by atoms with Crippen LogP contribution in [0.25, 0.3) is 0 Å². The molecule has 20 heavy (non-hydrogen) atoms. The summed E-state index contributed by atoms with van der Waals surface area (Å²) in [5, 5.41) is 9.02. The lowest BCUT2D eigenvalue weighted by molar-refractivity contribution is 0.0697. The van der Waals surface area contributed by atoms with Crippen molar-refractivity contribution in [3.63, 3.8) is 0 Å². The van der Waals surface area contributed by atoms with E-state index in [1.165, 1.54) is 0 Å². The highest BCUT2D eigenvalue weighted by Gasteiger charge is 2.20. The number of halogens is 1. The Labute approximate surface area is 125 Å². The maximum absolute atomic E-state index is 11.0. The van der Waals surface area contributed by atoms with Crippen LogP contribution in [0, 0.1) is 0 Å². The number of anilines is 1. The number of carbonyl (C=O) groups is 1. The van der Waals surface area contributed by atoms with Crippen molar-refractivity contribution in [2.45, 2.75) is 13.0 Å². The summed E-state index contributed by atoms with van der Waals surface area (Å²) in [4.78, 5) is 17.6. The fourth-order valence-electron chi connectivity index (χ4n) is 2.46. The van der Waals surface area contributed by atoms with Gasteiger partial charge in [-0.05, 0) is 58.2 Å². The molecule has 4 nitrogen and oxygen atoms in total. The van der Waals surface area contributed by atoms with E-state index in [0.717, 1.165) is 40.9 Å². The molecule has 102 valence electrons. The van der Waals surface area contributed by atoms with E-state index in [0.29, 0.717) is 5.56 Å². The Hall–Kier alpha value is -1.88. The van der Waals surface area contributed by atoms with E-state index < -0.39 is 5.97 Å². The van der Waals surface area contributed by atoms with Crippen LogP contribution in [0.1, 0.15) is 21.6 Å². The van der Waals surface area contributed by atoms with Crippen LogP contribution in [-0.2, 0) is 13.0 Å². The number of pyridine rings is 1. The summed E-state index contributed by atoms with van der Waals surface area (Å²) < 4.78 is 0.967. The summed E-state index contributed by atoms with van der Waals surface area (Å²) in [6.07, 6.45) is 2.67. The fourth-order valence-corrected chi connectivity index (χ4v) is 2.70. The highest BCUT2D eigenvalue weighted by atomic mass is 79.9.